The maximum Gasteiger partial charge on any atom is 0.333 e. The van der Waals surface area contributed by atoms with Crippen molar-refractivity contribution < 1.29 is 34.4 Å². The third-order valence-corrected chi connectivity index (χ3v) is 3.03. The van der Waals surface area contributed by atoms with Crippen molar-refractivity contribution in [1.82, 2.24) is 5.32 Å². The summed E-state index contributed by atoms with van der Waals surface area (Å²) in [5, 5.41) is 30.1. The minimum atomic E-state index is -1.45. The fourth-order valence-corrected chi connectivity index (χ4v) is 1.25. The summed E-state index contributed by atoms with van der Waals surface area (Å²) in [6.45, 7) is 3.73. The molecule has 0 fully saturated rings. The Morgan fingerprint density at radius 1 is 1.27 bits per heavy atom. The van der Waals surface area contributed by atoms with Gasteiger partial charge in [0.05, 0.1) is 19.1 Å². The molecule has 6 N–H and O–H groups in total. The number of ether oxygens (including phenoxy) is 1. The van der Waals surface area contributed by atoms with Crippen LogP contribution in [-0.4, -0.2) is 64.6 Å². The van der Waals surface area contributed by atoms with Gasteiger partial charge < -0.3 is 31.1 Å². The Morgan fingerprint density at radius 2 is 1.82 bits per heavy atom. The van der Waals surface area contributed by atoms with Gasteiger partial charge in [-0.3, -0.25) is 9.59 Å². The van der Waals surface area contributed by atoms with Crippen molar-refractivity contribution in [2.24, 2.45) is 11.1 Å². The average molecular weight is 320 g/mol. The normalized spacial score (nSPS) is 15.6. The van der Waals surface area contributed by atoms with E-state index in [1.807, 2.05) is 0 Å². The van der Waals surface area contributed by atoms with E-state index in [0.717, 1.165) is 0 Å². The first kappa shape index (κ1) is 20.5. The summed E-state index contributed by atoms with van der Waals surface area (Å²) in [7, 11) is 0. The quantitative estimate of drug-likeness (QED) is 0.245. The molecule has 0 aromatic rings. The van der Waals surface area contributed by atoms with E-state index in [0.29, 0.717) is 0 Å². The van der Waals surface area contributed by atoms with E-state index in [9.17, 15) is 19.5 Å². The summed E-state index contributed by atoms with van der Waals surface area (Å²) >= 11 is 0. The lowest BCUT2D eigenvalue weighted by Gasteiger charge is -2.27. The van der Waals surface area contributed by atoms with Crippen LogP contribution in [0.3, 0.4) is 0 Å². The molecule has 0 aliphatic heterocycles. The number of nitrogens with one attached hydrogen (secondary N) is 1. The number of esters is 2. The van der Waals surface area contributed by atoms with Crippen molar-refractivity contribution in [3.05, 3.63) is 0 Å². The van der Waals surface area contributed by atoms with E-state index in [-0.39, 0.29) is 13.0 Å². The van der Waals surface area contributed by atoms with Crippen LogP contribution in [0.4, 0.5) is 0 Å². The number of aliphatic hydroxyl groups is 3. The zero-order chi connectivity index (χ0) is 17.5. The number of carbonyl (C=O) groups excluding carboxylic acids is 3. The van der Waals surface area contributed by atoms with Crippen LogP contribution in [0.1, 0.15) is 27.2 Å². The third kappa shape index (κ3) is 6.48. The van der Waals surface area contributed by atoms with Crippen LogP contribution >= 0.6 is 0 Å². The van der Waals surface area contributed by atoms with Gasteiger partial charge >= 0.3 is 11.9 Å². The Bertz CT molecular complexity index is 409. The van der Waals surface area contributed by atoms with Crippen molar-refractivity contribution in [2.75, 3.05) is 13.2 Å². The van der Waals surface area contributed by atoms with Gasteiger partial charge in [0.1, 0.15) is 12.1 Å². The highest BCUT2D eigenvalue weighted by molar-refractivity contribution is 5.89. The summed E-state index contributed by atoms with van der Waals surface area (Å²) in [6, 6.07) is -1.33. The number of hydrogen-bond acceptors (Lipinski definition) is 8. The van der Waals surface area contributed by atoms with Gasteiger partial charge in [-0.15, -0.1) is 0 Å². The highest BCUT2D eigenvalue weighted by Gasteiger charge is 2.32. The fraction of sp³-hybridized carbons (Fsp3) is 0.769. The Balaban J connectivity index is 4.18. The molecule has 128 valence electrons. The average Bonchev–Trinajstić information content (AvgIpc) is 2.44. The lowest BCUT2D eigenvalue weighted by Crippen LogP contribution is -2.46. The van der Waals surface area contributed by atoms with Gasteiger partial charge in [0.25, 0.3) is 0 Å². The van der Waals surface area contributed by atoms with Crippen molar-refractivity contribution in [3.63, 3.8) is 0 Å². The summed E-state index contributed by atoms with van der Waals surface area (Å²) < 4.78 is 4.39. The standard InChI is InChI=1S/C13H24N2O7/c1-7(17)9(14)12(21)22-8(18)4-5-15-11(20)10(19)13(2,3)6-16/h7,9-10,16-17,19H,4-6,14H2,1-3H3,(H,15,20)/t7-,9+,10+/m1/s1. The smallest absolute Gasteiger partial charge is 0.333 e. The molecular formula is C13H24N2O7. The second-order valence-corrected chi connectivity index (χ2v) is 5.65. The van der Waals surface area contributed by atoms with Crippen LogP contribution in [0.15, 0.2) is 0 Å². The van der Waals surface area contributed by atoms with Gasteiger partial charge in [-0.2, -0.15) is 0 Å². The maximum atomic E-state index is 11.6. The van der Waals surface area contributed by atoms with Crippen molar-refractivity contribution >= 4 is 17.8 Å². The molecule has 0 saturated heterocycles. The van der Waals surface area contributed by atoms with Gasteiger partial charge in [-0.05, 0) is 6.92 Å². The molecule has 0 saturated carbocycles. The second kappa shape index (κ2) is 8.79. The number of hydrogen-bond donors (Lipinski definition) is 5. The first-order chi connectivity index (χ1) is 10.0. The molecule has 22 heavy (non-hydrogen) atoms. The Hall–Kier alpha value is -1.55. The molecule has 0 aliphatic carbocycles. The van der Waals surface area contributed by atoms with Crippen LogP contribution in [0.5, 0.6) is 0 Å². The van der Waals surface area contributed by atoms with E-state index in [1.165, 1.54) is 20.8 Å². The molecule has 3 atom stereocenters. The minimum Gasteiger partial charge on any atom is -0.396 e. The predicted molar refractivity (Wildman–Crippen MR) is 75.3 cm³/mol. The van der Waals surface area contributed by atoms with Crippen LogP contribution < -0.4 is 11.1 Å². The van der Waals surface area contributed by atoms with E-state index in [4.69, 9.17) is 15.9 Å². The number of carbonyl (C=O) groups is 3. The topological polar surface area (TPSA) is 159 Å². The summed E-state index contributed by atoms with van der Waals surface area (Å²) in [6.07, 6.45) is -2.91. The molecule has 0 aromatic carbocycles. The van der Waals surface area contributed by atoms with E-state index in [2.05, 4.69) is 10.1 Å². The predicted octanol–water partition coefficient (Wildman–Crippen LogP) is -2.35. The maximum absolute atomic E-state index is 11.6. The molecule has 0 spiro atoms. The summed E-state index contributed by atoms with van der Waals surface area (Å²) in [4.78, 5) is 34.2. The highest BCUT2D eigenvalue weighted by Crippen LogP contribution is 2.19. The van der Waals surface area contributed by atoms with Gasteiger partial charge in [-0.25, -0.2) is 4.79 Å². The molecule has 0 aromatic heterocycles. The molecule has 0 unspecified atom stereocenters. The number of rotatable bonds is 8. The zero-order valence-electron chi connectivity index (χ0n) is 12.9. The molecule has 9 nitrogen and oxygen atoms in total. The van der Waals surface area contributed by atoms with Crippen molar-refractivity contribution in [1.29, 1.82) is 0 Å². The SMILES string of the molecule is C[C@@H](O)[C@H](N)C(=O)OC(=O)CCNC(=O)[C@H](O)C(C)(C)CO. The summed E-state index contributed by atoms with van der Waals surface area (Å²) in [5.74, 6) is -2.73. The molecular weight excluding hydrogens is 296 g/mol. The number of nitrogens with two attached hydrogens (primary N) is 1. The lowest BCUT2D eigenvalue weighted by atomic mass is 9.87. The molecule has 0 aliphatic rings. The lowest BCUT2D eigenvalue weighted by molar-refractivity contribution is -0.161. The first-order valence-electron chi connectivity index (χ1n) is 6.77. The zero-order valence-corrected chi connectivity index (χ0v) is 12.9. The number of aliphatic hydroxyl groups excluding tert-OH is 3. The second-order valence-electron chi connectivity index (χ2n) is 5.65. The molecule has 1 amide bonds. The molecule has 0 heterocycles. The van der Waals surface area contributed by atoms with Crippen LogP contribution in [-0.2, 0) is 19.1 Å². The van der Waals surface area contributed by atoms with Crippen LogP contribution in [0.25, 0.3) is 0 Å². The Labute approximate surface area is 128 Å². The molecule has 0 radical (unpaired) electrons. The Kier molecular flexibility index (Phi) is 8.17. The minimum absolute atomic E-state index is 0.159. The molecule has 0 rings (SSSR count). The van der Waals surface area contributed by atoms with Gasteiger partial charge in [-0.1, -0.05) is 13.8 Å². The van der Waals surface area contributed by atoms with Crippen molar-refractivity contribution in [2.45, 2.75) is 45.4 Å². The molecule has 0 bridgehead atoms. The molecule has 9 heteroatoms. The van der Waals surface area contributed by atoms with E-state index < -0.39 is 48.1 Å². The van der Waals surface area contributed by atoms with Gasteiger partial charge in [0, 0.05) is 12.0 Å². The monoisotopic (exact) mass is 320 g/mol. The Morgan fingerprint density at radius 3 is 2.27 bits per heavy atom. The van der Waals surface area contributed by atoms with Crippen molar-refractivity contribution in [3.8, 4) is 0 Å². The third-order valence-electron chi connectivity index (χ3n) is 3.03. The van der Waals surface area contributed by atoms with Gasteiger partial charge in [0.2, 0.25) is 5.91 Å². The van der Waals surface area contributed by atoms with E-state index >= 15 is 0 Å². The largest absolute Gasteiger partial charge is 0.396 e. The van der Waals surface area contributed by atoms with Gasteiger partial charge in [0.15, 0.2) is 0 Å². The fourth-order valence-electron chi connectivity index (χ4n) is 1.25. The summed E-state index contributed by atoms with van der Waals surface area (Å²) in [5.41, 5.74) is 4.26. The van der Waals surface area contributed by atoms with Crippen LogP contribution in [0, 0.1) is 5.41 Å². The van der Waals surface area contributed by atoms with E-state index in [1.54, 1.807) is 0 Å². The number of amides is 1. The van der Waals surface area contributed by atoms with Crippen LogP contribution in [0.2, 0.25) is 0 Å². The highest BCUT2D eigenvalue weighted by atomic mass is 16.6. The first-order valence-corrected chi connectivity index (χ1v) is 6.77.